The molecule has 2 aromatic carbocycles. The lowest BCUT2D eigenvalue weighted by Gasteiger charge is -2.25. The van der Waals surface area contributed by atoms with Crippen LogP contribution in [0.4, 0.5) is 5.69 Å². The zero-order valence-electron chi connectivity index (χ0n) is 20.8. The minimum Gasteiger partial charge on any atom is -0.493 e. The zero-order valence-corrected chi connectivity index (χ0v) is 22.4. The van der Waals surface area contributed by atoms with Gasteiger partial charge in [-0.3, -0.25) is 9.10 Å². The molecule has 0 bridgehead atoms. The fraction of sp³-hybridized carbons (Fsp3) is 0.500. The third-order valence-electron chi connectivity index (χ3n) is 6.10. The summed E-state index contributed by atoms with van der Waals surface area (Å²) in [5.74, 6) is 1.50. The first-order valence-electron chi connectivity index (χ1n) is 12.0. The molecule has 1 aliphatic rings. The lowest BCUT2D eigenvalue weighted by molar-refractivity contribution is -0.119. The van der Waals surface area contributed by atoms with Crippen molar-refractivity contribution < 1.29 is 22.7 Å². The maximum absolute atomic E-state index is 13.6. The van der Waals surface area contributed by atoms with Gasteiger partial charge in [0.25, 0.3) is 10.0 Å². The van der Waals surface area contributed by atoms with E-state index in [1.54, 1.807) is 42.5 Å². The molecule has 1 amide bonds. The Morgan fingerprint density at radius 2 is 1.71 bits per heavy atom. The molecule has 1 fully saturated rings. The maximum atomic E-state index is 13.6. The number of thioether (sulfide) groups is 1. The van der Waals surface area contributed by atoms with Gasteiger partial charge in [0, 0.05) is 17.9 Å². The van der Waals surface area contributed by atoms with Crippen LogP contribution in [-0.4, -0.2) is 52.6 Å². The molecular formula is C26H36N2O5S2. The third kappa shape index (κ3) is 7.54. The molecule has 0 aliphatic heterocycles. The van der Waals surface area contributed by atoms with E-state index in [9.17, 15) is 13.2 Å². The van der Waals surface area contributed by atoms with Crippen LogP contribution in [0.15, 0.2) is 47.4 Å². The van der Waals surface area contributed by atoms with Gasteiger partial charge in [0.05, 0.1) is 24.8 Å². The molecule has 0 unspecified atom stereocenters. The summed E-state index contributed by atoms with van der Waals surface area (Å²) in [6.07, 6.45) is 7.40. The Morgan fingerprint density at radius 3 is 2.37 bits per heavy atom. The monoisotopic (exact) mass is 520 g/mol. The fourth-order valence-corrected chi connectivity index (χ4v) is 6.82. The van der Waals surface area contributed by atoms with Crippen LogP contribution in [0.3, 0.4) is 0 Å². The Kier molecular flexibility index (Phi) is 10.2. The Balaban J connectivity index is 1.70. The van der Waals surface area contributed by atoms with Crippen molar-refractivity contribution in [3.63, 3.8) is 0 Å². The van der Waals surface area contributed by atoms with E-state index in [1.165, 1.54) is 46.3 Å². The van der Waals surface area contributed by atoms with Crippen LogP contribution in [0.5, 0.6) is 11.5 Å². The number of benzene rings is 2. The highest BCUT2D eigenvalue weighted by Crippen LogP contribution is 2.34. The summed E-state index contributed by atoms with van der Waals surface area (Å²) in [4.78, 5) is 12.9. The van der Waals surface area contributed by atoms with Gasteiger partial charge < -0.3 is 14.8 Å². The van der Waals surface area contributed by atoms with Gasteiger partial charge >= 0.3 is 0 Å². The van der Waals surface area contributed by atoms with Gasteiger partial charge in [0.15, 0.2) is 11.5 Å². The summed E-state index contributed by atoms with van der Waals surface area (Å²) in [7, 11) is -0.991. The van der Waals surface area contributed by atoms with Crippen molar-refractivity contribution in [1.82, 2.24) is 5.32 Å². The van der Waals surface area contributed by atoms with Crippen molar-refractivity contribution in [2.75, 3.05) is 37.4 Å². The molecule has 35 heavy (non-hydrogen) atoms. The van der Waals surface area contributed by atoms with Gasteiger partial charge in [-0.25, -0.2) is 8.42 Å². The van der Waals surface area contributed by atoms with E-state index in [4.69, 9.17) is 9.47 Å². The van der Waals surface area contributed by atoms with Crippen molar-refractivity contribution in [3.05, 3.63) is 48.0 Å². The van der Waals surface area contributed by atoms with E-state index in [0.29, 0.717) is 23.7 Å². The number of ether oxygens (including phenoxy) is 2. The van der Waals surface area contributed by atoms with Gasteiger partial charge in [-0.05, 0) is 56.2 Å². The van der Waals surface area contributed by atoms with Crippen LogP contribution in [0, 0.1) is 6.92 Å². The number of nitrogens with zero attached hydrogens (tertiary/aromatic N) is 1. The average molecular weight is 521 g/mol. The van der Waals surface area contributed by atoms with E-state index >= 15 is 0 Å². The Labute approximate surface area is 213 Å². The SMILES string of the molecule is COc1ccc(N(CC(=O)NCCCSC2CCCCC2)S(=O)(=O)c2ccc(C)cc2)cc1OC. The topological polar surface area (TPSA) is 84.9 Å². The molecule has 1 aliphatic carbocycles. The predicted octanol–water partition coefficient (Wildman–Crippen LogP) is 4.78. The molecule has 1 saturated carbocycles. The fourth-order valence-electron chi connectivity index (χ4n) is 4.10. The number of hydrogen-bond donors (Lipinski definition) is 1. The highest BCUT2D eigenvalue weighted by Gasteiger charge is 2.28. The van der Waals surface area contributed by atoms with Crippen LogP contribution in [0.25, 0.3) is 0 Å². The third-order valence-corrected chi connectivity index (χ3v) is 9.36. The molecule has 0 spiro atoms. The molecule has 0 saturated heterocycles. The first kappa shape index (κ1) is 27.2. The zero-order chi connectivity index (χ0) is 25.3. The molecule has 2 aromatic rings. The predicted molar refractivity (Wildman–Crippen MR) is 142 cm³/mol. The summed E-state index contributed by atoms with van der Waals surface area (Å²) < 4.78 is 38.9. The molecule has 1 N–H and O–H groups in total. The summed E-state index contributed by atoms with van der Waals surface area (Å²) in [5.41, 5.74) is 1.27. The second kappa shape index (κ2) is 13.1. The van der Waals surface area contributed by atoms with Crippen LogP contribution < -0.4 is 19.1 Å². The van der Waals surface area contributed by atoms with E-state index in [2.05, 4.69) is 5.32 Å². The maximum Gasteiger partial charge on any atom is 0.264 e. The van der Waals surface area contributed by atoms with Crippen molar-refractivity contribution in [1.29, 1.82) is 0 Å². The molecule has 192 valence electrons. The number of carbonyl (C=O) groups is 1. The molecular weight excluding hydrogens is 484 g/mol. The van der Waals surface area contributed by atoms with Gasteiger partial charge in [0.1, 0.15) is 6.54 Å². The first-order valence-corrected chi connectivity index (χ1v) is 14.5. The number of nitrogens with one attached hydrogen (secondary N) is 1. The Morgan fingerprint density at radius 1 is 1.03 bits per heavy atom. The van der Waals surface area contributed by atoms with Crippen LogP contribution in [0.1, 0.15) is 44.1 Å². The summed E-state index contributed by atoms with van der Waals surface area (Å²) in [5, 5.41) is 3.63. The van der Waals surface area contributed by atoms with Crippen LogP contribution >= 0.6 is 11.8 Å². The number of amides is 1. The van der Waals surface area contributed by atoms with Gasteiger partial charge in [-0.15, -0.1) is 0 Å². The number of rotatable bonds is 12. The Hall–Kier alpha value is -2.39. The normalized spacial score (nSPS) is 14.4. The number of hydrogen-bond acceptors (Lipinski definition) is 6. The molecule has 7 nitrogen and oxygen atoms in total. The standard InChI is InChI=1S/C26H36N2O5S2/c1-20-10-13-23(14-11-20)35(30,31)28(21-12-15-24(32-2)25(18-21)33-3)19-26(29)27-16-7-17-34-22-8-5-4-6-9-22/h10-15,18,22H,4-9,16-17,19H2,1-3H3,(H,27,29). The van der Waals surface area contributed by atoms with Crippen molar-refractivity contribution in [3.8, 4) is 11.5 Å². The largest absolute Gasteiger partial charge is 0.493 e. The summed E-state index contributed by atoms with van der Waals surface area (Å²) in [6.45, 7) is 2.08. The molecule has 0 aromatic heterocycles. The number of sulfonamides is 1. The van der Waals surface area contributed by atoms with Gasteiger partial charge in [-0.2, -0.15) is 11.8 Å². The molecule has 0 heterocycles. The Bertz CT molecular complexity index is 1070. The number of aryl methyl sites for hydroxylation is 1. The summed E-state index contributed by atoms with van der Waals surface area (Å²) >= 11 is 1.99. The smallest absolute Gasteiger partial charge is 0.264 e. The lowest BCUT2D eigenvalue weighted by atomic mass is 10.0. The van der Waals surface area contributed by atoms with E-state index in [0.717, 1.165) is 27.3 Å². The highest BCUT2D eigenvalue weighted by atomic mass is 32.2. The first-order chi connectivity index (χ1) is 16.8. The van der Waals surface area contributed by atoms with Crippen molar-refractivity contribution in [2.24, 2.45) is 0 Å². The molecule has 9 heteroatoms. The second-order valence-electron chi connectivity index (χ2n) is 8.70. The molecule has 0 radical (unpaired) electrons. The average Bonchev–Trinajstić information content (AvgIpc) is 2.87. The highest BCUT2D eigenvalue weighted by molar-refractivity contribution is 7.99. The minimum atomic E-state index is -3.99. The van der Waals surface area contributed by atoms with E-state index in [1.807, 2.05) is 18.7 Å². The quantitative estimate of drug-likeness (QED) is 0.406. The second-order valence-corrected chi connectivity index (χ2v) is 12.0. The summed E-state index contributed by atoms with van der Waals surface area (Å²) in [6, 6.07) is 11.4. The van der Waals surface area contributed by atoms with Crippen molar-refractivity contribution in [2.45, 2.75) is 55.6 Å². The van der Waals surface area contributed by atoms with E-state index < -0.39 is 10.0 Å². The van der Waals surface area contributed by atoms with E-state index in [-0.39, 0.29) is 17.3 Å². The lowest BCUT2D eigenvalue weighted by Crippen LogP contribution is -2.41. The van der Waals surface area contributed by atoms with Crippen LogP contribution in [-0.2, 0) is 14.8 Å². The number of methoxy groups -OCH3 is 2. The molecule has 3 rings (SSSR count). The number of anilines is 1. The minimum absolute atomic E-state index is 0.120. The number of carbonyl (C=O) groups excluding carboxylic acids is 1. The molecule has 0 atom stereocenters. The van der Waals surface area contributed by atoms with Crippen LogP contribution in [0.2, 0.25) is 0 Å². The van der Waals surface area contributed by atoms with Gasteiger partial charge in [0.2, 0.25) is 5.91 Å². The van der Waals surface area contributed by atoms with Gasteiger partial charge in [-0.1, -0.05) is 37.0 Å². The van der Waals surface area contributed by atoms with Crippen molar-refractivity contribution >= 4 is 33.4 Å².